The van der Waals surface area contributed by atoms with Gasteiger partial charge in [-0.2, -0.15) is 0 Å². The van der Waals surface area contributed by atoms with Gasteiger partial charge in [-0.1, -0.05) is 0 Å². The van der Waals surface area contributed by atoms with Gasteiger partial charge < -0.3 is 20.5 Å². The minimum absolute atomic E-state index is 0.412. The van der Waals surface area contributed by atoms with Gasteiger partial charge in [0.15, 0.2) is 5.11 Å². The fourth-order valence-corrected chi connectivity index (χ4v) is 3.84. The molecule has 0 amide bonds. The van der Waals surface area contributed by atoms with Crippen molar-refractivity contribution in [3.8, 4) is 0 Å². The van der Waals surface area contributed by atoms with Crippen LogP contribution in [0.2, 0.25) is 0 Å². The zero-order chi connectivity index (χ0) is 13.7. The van der Waals surface area contributed by atoms with Gasteiger partial charge in [-0.25, -0.2) is 9.97 Å². The Morgan fingerprint density at radius 2 is 2.05 bits per heavy atom. The molecule has 20 heavy (non-hydrogen) atoms. The molecule has 6 nitrogen and oxygen atoms in total. The van der Waals surface area contributed by atoms with Crippen molar-refractivity contribution in [3.05, 3.63) is 18.6 Å². The van der Waals surface area contributed by atoms with E-state index in [0.717, 1.165) is 42.8 Å². The third kappa shape index (κ3) is 1.66. The van der Waals surface area contributed by atoms with E-state index in [2.05, 4.69) is 24.8 Å². The van der Waals surface area contributed by atoms with Gasteiger partial charge in [0.05, 0.1) is 5.39 Å². The molecule has 2 bridgehead atoms. The lowest BCUT2D eigenvalue weighted by Gasteiger charge is -2.42. The number of rotatable bonds is 1. The maximum absolute atomic E-state index is 5.85. The van der Waals surface area contributed by atoms with Crippen molar-refractivity contribution in [1.82, 2.24) is 19.9 Å². The zero-order valence-corrected chi connectivity index (χ0v) is 11.8. The minimum atomic E-state index is 0.412. The van der Waals surface area contributed by atoms with Crippen LogP contribution in [-0.4, -0.2) is 50.1 Å². The largest absolute Gasteiger partial charge is 0.376 e. The second-order valence-electron chi connectivity index (χ2n) is 5.47. The maximum atomic E-state index is 5.85. The molecule has 2 atom stereocenters. The Morgan fingerprint density at radius 3 is 2.75 bits per heavy atom. The lowest BCUT2D eigenvalue weighted by atomic mass is 10.2. The number of nitrogens with two attached hydrogens (primary N) is 1. The summed E-state index contributed by atoms with van der Waals surface area (Å²) in [5.74, 6) is 1.01. The van der Waals surface area contributed by atoms with Gasteiger partial charge in [-0.3, -0.25) is 0 Å². The fourth-order valence-electron chi connectivity index (χ4n) is 3.55. The van der Waals surface area contributed by atoms with Crippen molar-refractivity contribution < 1.29 is 0 Å². The molecule has 0 saturated carbocycles. The summed E-state index contributed by atoms with van der Waals surface area (Å²) in [6.07, 6.45) is 5.83. The number of H-pyrrole nitrogens is 1. The average Bonchev–Trinajstić information content (AvgIpc) is 3.01. The predicted molar refractivity (Wildman–Crippen MR) is 81.5 cm³/mol. The Balaban J connectivity index is 1.69. The number of nitrogens with one attached hydrogen (secondary N) is 1. The number of nitrogens with zero attached hydrogens (tertiary/aromatic N) is 4. The van der Waals surface area contributed by atoms with Crippen LogP contribution >= 0.6 is 12.2 Å². The molecule has 104 valence electrons. The number of aromatic nitrogens is 3. The van der Waals surface area contributed by atoms with Gasteiger partial charge in [0.2, 0.25) is 0 Å². The number of anilines is 1. The molecule has 0 aromatic carbocycles. The van der Waals surface area contributed by atoms with Crippen LogP contribution in [0.3, 0.4) is 0 Å². The summed E-state index contributed by atoms with van der Waals surface area (Å²) in [6.45, 7) is 1.84. The molecule has 2 unspecified atom stereocenters. The Labute approximate surface area is 122 Å². The molecule has 0 spiro atoms. The molecule has 0 radical (unpaired) electrons. The van der Waals surface area contributed by atoms with E-state index in [1.165, 1.54) is 0 Å². The first-order chi connectivity index (χ1) is 9.74. The summed E-state index contributed by atoms with van der Waals surface area (Å²) >= 11 is 5.18. The molecular weight excluding hydrogens is 272 g/mol. The van der Waals surface area contributed by atoms with Gasteiger partial charge in [0.1, 0.15) is 17.8 Å². The van der Waals surface area contributed by atoms with Gasteiger partial charge >= 0.3 is 0 Å². The van der Waals surface area contributed by atoms with Crippen LogP contribution in [-0.2, 0) is 0 Å². The minimum Gasteiger partial charge on any atom is -0.376 e. The van der Waals surface area contributed by atoms with Crippen LogP contribution in [0.25, 0.3) is 11.0 Å². The second-order valence-corrected chi connectivity index (χ2v) is 5.89. The van der Waals surface area contributed by atoms with Gasteiger partial charge in [-0.15, -0.1) is 0 Å². The predicted octanol–water partition coefficient (Wildman–Crippen LogP) is 0.854. The molecule has 2 aromatic heterocycles. The van der Waals surface area contributed by atoms with E-state index in [1.54, 1.807) is 6.33 Å². The standard InChI is InChI=1S/C13H16N6S/c14-13(20)19-8-1-2-9(19)6-18(5-8)12-10-3-4-15-11(10)16-7-17-12/h3-4,7-9H,1-2,5-6H2,(H2,14,20)(H,15,16,17). The van der Waals surface area contributed by atoms with E-state index < -0.39 is 0 Å². The van der Waals surface area contributed by atoms with Crippen LogP contribution in [0.1, 0.15) is 12.8 Å². The molecule has 4 heterocycles. The van der Waals surface area contributed by atoms with Crippen molar-refractivity contribution in [3.63, 3.8) is 0 Å². The van der Waals surface area contributed by atoms with Gasteiger partial charge in [-0.05, 0) is 31.1 Å². The highest BCUT2D eigenvalue weighted by Crippen LogP contribution is 2.33. The first-order valence-electron chi connectivity index (χ1n) is 6.85. The Morgan fingerprint density at radius 1 is 1.30 bits per heavy atom. The molecule has 2 aromatic rings. The maximum Gasteiger partial charge on any atom is 0.166 e. The first-order valence-corrected chi connectivity index (χ1v) is 7.25. The molecule has 4 rings (SSSR count). The van der Waals surface area contributed by atoms with E-state index in [9.17, 15) is 0 Å². The summed E-state index contributed by atoms with van der Waals surface area (Å²) in [4.78, 5) is 16.4. The summed E-state index contributed by atoms with van der Waals surface area (Å²) < 4.78 is 0. The molecule has 0 aliphatic carbocycles. The Kier molecular flexibility index (Phi) is 2.56. The number of hydrogen-bond donors (Lipinski definition) is 2. The van der Waals surface area contributed by atoms with Crippen LogP contribution < -0.4 is 10.6 Å². The monoisotopic (exact) mass is 288 g/mol. The van der Waals surface area contributed by atoms with Crippen molar-refractivity contribution in [2.24, 2.45) is 5.73 Å². The summed E-state index contributed by atoms with van der Waals surface area (Å²) in [5.41, 5.74) is 6.74. The number of hydrogen-bond acceptors (Lipinski definition) is 4. The zero-order valence-electron chi connectivity index (χ0n) is 11.0. The Hall–Kier alpha value is -1.89. The molecule has 7 heteroatoms. The van der Waals surface area contributed by atoms with Crippen LogP contribution in [0.5, 0.6) is 0 Å². The Bertz CT molecular complexity index is 654. The van der Waals surface area contributed by atoms with Crippen molar-refractivity contribution >= 4 is 34.2 Å². The SMILES string of the molecule is NC(=S)N1C2CCC1CN(c1ncnc3[nH]ccc13)C2. The van der Waals surface area contributed by atoms with E-state index in [-0.39, 0.29) is 0 Å². The van der Waals surface area contributed by atoms with Crippen LogP contribution in [0.4, 0.5) is 5.82 Å². The topological polar surface area (TPSA) is 74.1 Å². The smallest absolute Gasteiger partial charge is 0.166 e. The first kappa shape index (κ1) is 11.9. The highest BCUT2D eigenvalue weighted by Gasteiger charge is 2.41. The van der Waals surface area contributed by atoms with Gasteiger partial charge in [0, 0.05) is 31.4 Å². The lowest BCUT2D eigenvalue weighted by molar-refractivity contribution is 0.277. The van der Waals surface area contributed by atoms with E-state index >= 15 is 0 Å². The second kappa shape index (κ2) is 4.31. The third-order valence-electron chi connectivity index (χ3n) is 4.37. The van der Waals surface area contributed by atoms with Crippen molar-refractivity contribution in [2.45, 2.75) is 24.9 Å². The molecular formula is C13H16N6S. The molecule has 2 saturated heterocycles. The molecule has 2 aliphatic heterocycles. The number of fused-ring (bicyclic) bond motifs is 3. The average molecular weight is 288 g/mol. The van der Waals surface area contributed by atoms with Gasteiger partial charge in [0.25, 0.3) is 0 Å². The lowest BCUT2D eigenvalue weighted by Crippen LogP contribution is -2.57. The highest BCUT2D eigenvalue weighted by atomic mass is 32.1. The summed E-state index contributed by atoms with van der Waals surface area (Å²) in [5, 5.41) is 1.61. The van der Waals surface area contributed by atoms with Crippen molar-refractivity contribution in [1.29, 1.82) is 0 Å². The summed E-state index contributed by atoms with van der Waals surface area (Å²) in [7, 11) is 0. The van der Waals surface area contributed by atoms with E-state index in [0.29, 0.717) is 17.2 Å². The molecule has 3 N–H and O–H groups in total. The number of aromatic amines is 1. The summed E-state index contributed by atoms with van der Waals surface area (Å²) in [6, 6.07) is 2.86. The van der Waals surface area contributed by atoms with Crippen LogP contribution in [0, 0.1) is 0 Å². The quantitative estimate of drug-likeness (QED) is 0.758. The number of piperazine rings is 1. The third-order valence-corrected chi connectivity index (χ3v) is 4.58. The fraction of sp³-hybridized carbons (Fsp3) is 0.462. The van der Waals surface area contributed by atoms with E-state index in [4.69, 9.17) is 18.0 Å². The molecule has 2 fully saturated rings. The van der Waals surface area contributed by atoms with E-state index in [1.807, 2.05) is 12.3 Å². The van der Waals surface area contributed by atoms with Crippen LogP contribution in [0.15, 0.2) is 18.6 Å². The highest BCUT2D eigenvalue weighted by molar-refractivity contribution is 7.80. The number of thiocarbonyl (C=S) groups is 1. The molecule has 2 aliphatic rings. The van der Waals surface area contributed by atoms with Crippen molar-refractivity contribution in [2.75, 3.05) is 18.0 Å². The normalized spacial score (nSPS) is 25.4.